The molecule has 0 atom stereocenters. The third-order valence-corrected chi connectivity index (χ3v) is 1.79. The van der Waals surface area contributed by atoms with Crippen molar-refractivity contribution in [3.63, 3.8) is 0 Å². The zero-order valence-corrected chi connectivity index (χ0v) is 6.36. The largest absolute Gasteiger partial charge is 0.398 e. The lowest BCUT2D eigenvalue weighted by molar-refractivity contribution is 1.05. The van der Waals surface area contributed by atoms with Crippen molar-refractivity contribution in [1.29, 1.82) is 0 Å². The van der Waals surface area contributed by atoms with Gasteiger partial charge in [-0.25, -0.2) is 0 Å². The maximum Gasteiger partial charge on any atom is 0.0596 e. The second-order valence-corrected chi connectivity index (χ2v) is 2.56. The highest BCUT2D eigenvalue weighted by atomic mass is 15.1. The first-order chi connectivity index (χ1) is 5.79. The molecule has 0 aliphatic heterocycles. The molecule has 4 N–H and O–H groups in total. The van der Waals surface area contributed by atoms with Crippen molar-refractivity contribution in [2.24, 2.45) is 0 Å². The normalized spacial score (nSPS) is 10.3. The minimum Gasteiger partial charge on any atom is -0.398 e. The summed E-state index contributed by atoms with van der Waals surface area (Å²) in [4.78, 5) is 0. The highest BCUT2D eigenvalue weighted by Crippen LogP contribution is 2.23. The lowest BCUT2D eigenvalue weighted by atomic mass is 10.1. The summed E-state index contributed by atoms with van der Waals surface area (Å²) in [5.74, 6) is 0. The minimum atomic E-state index is 0.675. The Labute approximate surface area is 69.2 Å². The van der Waals surface area contributed by atoms with Gasteiger partial charge in [-0.15, -0.1) is 0 Å². The lowest BCUT2D eigenvalue weighted by Crippen LogP contribution is -1.93. The Balaban J connectivity index is 2.95. The van der Waals surface area contributed by atoms with E-state index in [-0.39, 0.29) is 0 Å². The SMILES string of the molecule is Nc1ccc(N)c2cnncc12. The zero-order chi connectivity index (χ0) is 8.55. The first kappa shape index (κ1) is 6.84. The molecule has 0 unspecified atom stereocenters. The third-order valence-electron chi connectivity index (χ3n) is 1.79. The van der Waals surface area contributed by atoms with Crippen LogP contribution in [0.25, 0.3) is 10.8 Å². The van der Waals surface area contributed by atoms with Gasteiger partial charge < -0.3 is 11.5 Å². The molecule has 0 aliphatic rings. The smallest absolute Gasteiger partial charge is 0.0596 e. The molecular formula is C8H8N4. The molecule has 4 heteroatoms. The number of nitrogen functional groups attached to an aromatic ring is 2. The molecule has 0 radical (unpaired) electrons. The van der Waals surface area contributed by atoms with Gasteiger partial charge in [-0.05, 0) is 12.1 Å². The first-order valence-electron chi connectivity index (χ1n) is 3.53. The van der Waals surface area contributed by atoms with E-state index >= 15 is 0 Å². The minimum absolute atomic E-state index is 0.675. The zero-order valence-electron chi connectivity index (χ0n) is 6.36. The molecule has 0 saturated carbocycles. The van der Waals surface area contributed by atoms with Crippen molar-refractivity contribution >= 4 is 22.1 Å². The molecule has 0 saturated heterocycles. The number of aromatic nitrogens is 2. The summed E-state index contributed by atoms with van der Waals surface area (Å²) >= 11 is 0. The standard InChI is InChI=1S/C8H8N4/c9-7-1-2-8(10)6-4-12-11-3-5(6)7/h1-4H,9-10H2. The molecule has 1 heterocycles. The van der Waals surface area contributed by atoms with Crippen LogP contribution in [0.2, 0.25) is 0 Å². The van der Waals surface area contributed by atoms with Crippen LogP contribution in [-0.2, 0) is 0 Å². The van der Waals surface area contributed by atoms with Gasteiger partial charge in [0.05, 0.1) is 12.4 Å². The highest BCUT2D eigenvalue weighted by Gasteiger charge is 2.00. The van der Waals surface area contributed by atoms with Crippen molar-refractivity contribution in [3.8, 4) is 0 Å². The van der Waals surface area contributed by atoms with Crippen LogP contribution in [0.1, 0.15) is 0 Å². The fourth-order valence-electron chi connectivity index (χ4n) is 1.14. The predicted molar refractivity (Wildman–Crippen MR) is 48.4 cm³/mol. The number of hydrogen-bond acceptors (Lipinski definition) is 4. The van der Waals surface area contributed by atoms with Gasteiger partial charge in [0.1, 0.15) is 0 Å². The van der Waals surface area contributed by atoms with Gasteiger partial charge in [0, 0.05) is 22.1 Å². The van der Waals surface area contributed by atoms with Gasteiger partial charge in [-0.1, -0.05) is 0 Å². The summed E-state index contributed by atoms with van der Waals surface area (Å²) in [5, 5.41) is 9.16. The van der Waals surface area contributed by atoms with Crippen LogP contribution in [0.3, 0.4) is 0 Å². The molecule has 2 rings (SSSR count). The Morgan fingerprint density at radius 2 is 1.25 bits per heavy atom. The van der Waals surface area contributed by atoms with Gasteiger partial charge in [-0.3, -0.25) is 0 Å². The molecule has 0 amide bonds. The molecule has 12 heavy (non-hydrogen) atoms. The summed E-state index contributed by atoms with van der Waals surface area (Å²) in [5.41, 5.74) is 12.8. The van der Waals surface area contributed by atoms with E-state index in [0.717, 1.165) is 10.8 Å². The molecule has 0 fully saturated rings. The predicted octanol–water partition coefficient (Wildman–Crippen LogP) is 0.794. The average Bonchev–Trinajstić information content (AvgIpc) is 2.12. The Bertz CT molecular complexity index is 384. The molecule has 1 aromatic carbocycles. The fraction of sp³-hybridized carbons (Fsp3) is 0. The fourth-order valence-corrected chi connectivity index (χ4v) is 1.14. The van der Waals surface area contributed by atoms with Crippen LogP contribution in [0.5, 0.6) is 0 Å². The Morgan fingerprint density at radius 3 is 1.67 bits per heavy atom. The average molecular weight is 160 g/mol. The Kier molecular flexibility index (Phi) is 1.33. The van der Waals surface area contributed by atoms with Crippen LogP contribution >= 0.6 is 0 Å². The summed E-state index contributed by atoms with van der Waals surface area (Å²) in [6.07, 6.45) is 3.22. The number of nitrogens with zero attached hydrogens (tertiary/aromatic N) is 2. The third kappa shape index (κ3) is 0.852. The van der Waals surface area contributed by atoms with Crippen LogP contribution in [0, 0.1) is 0 Å². The number of fused-ring (bicyclic) bond motifs is 1. The van der Waals surface area contributed by atoms with E-state index in [9.17, 15) is 0 Å². The molecule has 60 valence electrons. The van der Waals surface area contributed by atoms with E-state index in [1.165, 1.54) is 0 Å². The number of benzene rings is 1. The lowest BCUT2D eigenvalue weighted by Gasteiger charge is -2.02. The quantitative estimate of drug-likeness (QED) is 0.558. The van der Waals surface area contributed by atoms with Gasteiger partial charge in [-0.2, -0.15) is 10.2 Å². The van der Waals surface area contributed by atoms with Gasteiger partial charge in [0.25, 0.3) is 0 Å². The first-order valence-corrected chi connectivity index (χ1v) is 3.53. The highest BCUT2D eigenvalue weighted by molar-refractivity contribution is 5.99. The molecular weight excluding hydrogens is 152 g/mol. The molecule has 2 aromatic rings. The van der Waals surface area contributed by atoms with E-state index < -0.39 is 0 Å². The molecule has 0 aliphatic carbocycles. The second-order valence-electron chi connectivity index (χ2n) is 2.56. The number of nitrogens with two attached hydrogens (primary N) is 2. The Morgan fingerprint density at radius 1 is 0.833 bits per heavy atom. The van der Waals surface area contributed by atoms with Gasteiger partial charge in [0.15, 0.2) is 0 Å². The monoisotopic (exact) mass is 160 g/mol. The van der Waals surface area contributed by atoms with Crippen LogP contribution in [-0.4, -0.2) is 10.2 Å². The summed E-state index contributed by atoms with van der Waals surface area (Å²) < 4.78 is 0. The number of anilines is 2. The van der Waals surface area contributed by atoms with Crippen molar-refractivity contribution in [2.45, 2.75) is 0 Å². The second kappa shape index (κ2) is 2.34. The number of hydrogen-bond donors (Lipinski definition) is 2. The molecule has 0 spiro atoms. The van der Waals surface area contributed by atoms with Crippen LogP contribution < -0.4 is 11.5 Å². The van der Waals surface area contributed by atoms with Crippen LogP contribution in [0.4, 0.5) is 11.4 Å². The molecule has 1 aromatic heterocycles. The number of rotatable bonds is 0. The van der Waals surface area contributed by atoms with Gasteiger partial charge in [0.2, 0.25) is 0 Å². The summed E-state index contributed by atoms with van der Waals surface area (Å²) in [6.45, 7) is 0. The van der Waals surface area contributed by atoms with E-state index in [4.69, 9.17) is 11.5 Å². The summed E-state index contributed by atoms with van der Waals surface area (Å²) in [6, 6.07) is 3.53. The van der Waals surface area contributed by atoms with E-state index in [2.05, 4.69) is 10.2 Å². The van der Waals surface area contributed by atoms with Gasteiger partial charge >= 0.3 is 0 Å². The van der Waals surface area contributed by atoms with Crippen molar-refractivity contribution in [2.75, 3.05) is 11.5 Å². The van der Waals surface area contributed by atoms with E-state index in [1.54, 1.807) is 24.5 Å². The maximum absolute atomic E-state index is 5.70. The molecule has 4 nitrogen and oxygen atoms in total. The maximum atomic E-state index is 5.70. The van der Waals surface area contributed by atoms with Crippen LogP contribution in [0.15, 0.2) is 24.5 Å². The van der Waals surface area contributed by atoms with Crippen molar-refractivity contribution < 1.29 is 0 Å². The topological polar surface area (TPSA) is 77.8 Å². The summed E-state index contributed by atoms with van der Waals surface area (Å²) in [7, 11) is 0. The van der Waals surface area contributed by atoms with Crippen molar-refractivity contribution in [1.82, 2.24) is 10.2 Å². The molecule has 0 bridgehead atoms. The van der Waals surface area contributed by atoms with E-state index in [1.807, 2.05) is 0 Å². The van der Waals surface area contributed by atoms with E-state index in [0.29, 0.717) is 11.4 Å². The van der Waals surface area contributed by atoms with Crippen molar-refractivity contribution in [3.05, 3.63) is 24.5 Å². The Hall–Kier alpha value is -1.84.